The highest BCUT2D eigenvalue weighted by molar-refractivity contribution is 7.17. The van der Waals surface area contributed by atoms with Crippen LogP contribution < -0.4 is 20.1 Å². The molecule has 4 aliphatic rings. The zero-order valence-corrected chi connectivity index (χ0v) is 39.9. The largest absolute Gasteiger partial charge is 0.489 e. The van der Waals surface area contributed by atoms with E-state index in [1.807, 2.05) is 24.4 Å². The molecule has 0 spiro atoms. The van der Waals surface area contributed by atoms with Crippen LogP contribution in [0.4, 0.5) is 4.39 Å². The number of likely N-dealkylation sites (N-methyl/N-ethyl adjacent to an activating group) is 1. The zero-order chi connectivity index (χ0) is 47.3. The Labute approximate surface area is 399 Å². The number of likely N-dealkylation sites (tertiary alicyclic amines) is 1. The van der Waals surface area contributed by atoms with E-state index in [0.29, 0.717) is 42.2 Å². The van der Waals surface area contributed by atoms with Crippen LogP contribution in [-0.2, 0) is 32.2 Å². The van der Waals surface area contributed by atoms with Gasteiger partial charge in [0.25, 0.3) is 11.8 Å². The van der Waals surface area contributed by atoms with Gasteiger partial charge in [0.1, 0.15) is 42.6 Å². The summed E-state index contributed by atoms with van der Waals surface area (Å²) in [7, 11) is 1.71. The lowest BCUT2D eigenvalue weighted by atomic mass is 9.83. The van der Waals surface area contributed by atoms with Gasteiger partial charge in [-0.25, -0.2) is 4.39 Å². The molecular weight excluding hydrogens is 894 g/mol. The predicted molar refractivity (Wildman–Crippen MR) is 253 cm³/mol. The fraction of sp³-hybridized carbons (Fsp3) is 0.551. The molecule has 0 radical (unpaired) electrons. The van der Waals surface area contributed by atoms with E-state index in [0.717, 1.165) is 74.0 Å². The van der Waals surface area contributed by atoms with E-state index in [9.17, 15) is 23.6 Å². The summed E-state index contributed by atoms with van der Waals surface area (Å²) in [5, 5.41) is 12.7. The number of hydrogen-bond donors (Lipinski definition) is 2. The van der Waals surface area contributed by atoms with Gasteiger partial charge in [0.15, 0.2) is 5.76 Å². The number of rotatable bonds is 15. The monoisotopic (exact) mass is 955 g/mol. The molecule has 4 aromatic heterocycles. The van der Waals surface area contributed by atoms with Crippen molar-refractivity contribution in [1.82, 2.24) is 44.9 Å². The van der Waals surface area contributed by atoms with E-state index in [2.05, 4.69) is 25.7 Å². The molecule has 7 heterocycles. The molecule has 2 N–H and O–H groups in total. The number of nitrogens with zero attached hydrogens (tertiary/aromatic N) is 7. The molecule has 0 bridgehead atoms. The van der Waals surface area contributed by atoms with E-state index in [1.54, 1.807) is 69.0 Å². The van der Waals surface area contributed by atoms with Gasteiger partial charge < -0.3 is 48.6 Å². The maximum absolute atomic E-state index is 14.6. The fourth-order valence-electron chi connectivity index (χ4n) is 10.1. The number of amides is 4. The average molecular weight is 956 g/mol. The van der Waals surface area contributed by atoms with Crippen LogP contribution >= 0.6 is 11.3 Å². The number of fused-ring (bicyclic) bond motifs is 2. The van der Waals surface area contributed by atoms with Crippen LogP contribution in [-0.4, -0.2) is 154 Å². The van der Waals surface area contributed by atoms with Crippen LogP contribution in [0.5, 0.6) is 11.6 Å². The summed E-state index contributed by atoms with van der Waals surface area (Å²) in [6.07, 6.45) is 8.54. The number of aromatic nitrogens is 3. The van der Waals surface area contributed by atoms with Gasteiger partial charge in [0.05, 0.1) is 42.1 Å². The zero-order valence-electron chi connectivity index (χ0n) is 39.1. The van der Waals surface area contributed by atoms with Gasteiger partial charge >= 0.3 is 0 Å². The molecule has 3 aliphatic heterocycles. The van der Waals surface area contributed by atoms with E-state index in [1.165, 1.54) is 12.1 Å². The van der Waals surface area contributed by atoms with E-state index in [4.69, 9.17) is 18.7 Å². The average Bonchev–Trinajstić information content (AvgIpc) is 4.12. The molecule has 5 aromatic rings. The normalized spacial score (nSPS) is 21.0. The third-order valence-corrected chi connectivity index (χ3v) is 15.0. The number of nitrogens with one attached hydrogen (secondary N) is 2. The van der Waals surface area contributed by atoms with Crippen molar-refractivity contribution in [2.45, 2.75) is 102 Å². The first-order chi connectivity index (χ1) is 33.0. The summed E-state index contributed by atoms with van der Waals surface area (Å²) in [5.41, 5.74) is 1.75. The Balaban J connectivity index is 0.814. The van der Waals surface area contributed by atoms with Crippen molar-refractivity contribution in [3.63, 3.8) is 0 Å². The summed E-state index contributed by atoms with van der Waals surface area (Å²) in [6.45, 7) is 7.56. The lowest BCUT2D eigenvalue weighted by molar-refractivity contribution is -0.142. The Morgan fingerprint density at radius 3 is 2.59 bits per heavy atom. The molecule has 4 fully saturated rings. The minimum atomic E-state index is -0.642. The Bertz CT molecular complexity index is 2570. The highest BCUT2D eigenvalue weighted by Gasteiger charge is 2.39. The number of piperidine rings is 1. The summed E-state index contributed by atoms with van der Waals surface area (Å²) in [5.74, 6) is 0.539. The van der Waals surface area contributed by atoms with Crippen molar-refractivity contribution >= 4 is 56.1 Å². The lowest BCUT2D eigenvalue weighted by Crippen LogP contribution is -2.61. The van der Waals surface area contributed by atoms with Crippen LogP contribution in [0.3, 0.4) is 0 Å². The van der Waals surface area contributed by atoms with E-state index in [-0.39, 0.29) is 86.8 Å². The molecule has 1 aromatic carbocycles. The van der Waals surface area contributed by atoms with Crippen molar-refractivity contribution in [1.29, 1.82) is 0 Å². The topological polar surface area (TPSA) is 177 Å². The fourth-order valence-corrected chi connectivity index (χ4v) is 11.0. The molecule has 4 amide bonds. The summed E-state index contributed by atoms with van der Waals surface area (Å²) < 4.78 is 41.3. The van der Waals surface area contributed by atoms with Crippen LogP contribution in [0.1, 0.15) is 75.0 Å². The highest BCUT2D eigenvalue weighted by atomic mass is 32.1. The first-order valence-corrected chi connectivity index (χ1v) is 24.9. The number of piperazine rings is 1. The first kappa shape index (κ1) is 47.4. The Morgan fingerprint density at radius 2 is 1.79 bits per heavy atom. The maximum Gasteiger partial charge on any atom is 0.270 e. The molecule has 68 heavy (non-hydrogen) atoms. The van der Waals surface area contributed by atoms with E-state index < -0.39 is 23.9 Å². The molecule has 364 valence electrons. The Morgan fingerprint density at radius 1 is 0.971 bits per heavy atom. The number of thiophene rings is 1. The second kappa shape index (κ2) is 21.3. The van der Waals surface area contributed by atoms with Crippen molar-refractivity contribution in [3.05, 3.63) is 71.3 Å². The van der Waals surface area contributed by atoms with Gasteiger partial charge in [-0.2, -0.15) is 0 Å². The first-order valence-electron chi connectivity index (χ1n) is 24.1. The molecule has 9 rings (SSSR count). The predicted octanol–water partition coefficient (Wildman–Crippen LogP) is 5.07. The third kappa shape index (κ3) is 10.6. The molecule has 19 heteroatoms. The number of carbonyl (C=O) groups is 4. The molecular formula is C49H62FN9O8S. The molecule has 3 saturated heterocycles. The van der Waals surface area contributed by atoms with Crippen LogP contribution in [0.15, 0.2) is 58.6 Å². The van der Waals surface area contributed by atoms with Gasteiger partial charge in [-0.3, -0.25) is 29.1 Å². The third-order valence-electron chi connectivity index (χ3n) is 14.1. The smallest absolute Gasteiger partial charge is 0.270 e. The van der Waals surface area contributed by atoms with Gasteiger partial charge in [0.2, 0.25) is 17.7 Å². The Kier molecular flexibility index (Phi) is 14.9. The number of benzene rings is 1. The van der Waals surface area contributed by atoms with E-state index >= 15 is 0 Å². The van der Waals surface area contributed by atoms with Gasteiger partial charge in [0, 0.05) is 68.5 Å². The molecule has 1 saturated carbocycles. The molecule has 1 aliphatic carbocycles. The van der Waals surface area contributed by atoms with Gasteiger partial charge in [-0.15, -0.1) is 11.3 Å². The van der Waals surface area contributed by atoms with Crippen molar-refractivity contribution in [2.24, 2.45) is 5.92 Å². The number of ether oxygens (including phenoxy) is 3. The van der Waals surface area contributed by atoms with Crippen molar-refractivity contribution < 1.29 is 42.3 Å². The summed E-state index contributed by atoms with van der Waals surface area (Å²) >= 11 is 1.64. The number of morpholine rings is 1. The molecule has 17 nitrogen and oxygen atoms in total. The number of carbonyl (C=O) groups excluding carboxylic acids is 4. The number of pyridine rings is 1. The SMILES string of the molecule is CN[C@@H](C)C(=O)N[C@H](C(=O)N1CCN(C(=O)c2cc3cc(F)ccc3n2CC(=O)N2CCOC[C@@H]2COc2cc(CN3CCC(Oc4ccnc5ccsc45)CC3)on2)[C@@H](C)C1)C1CCCCC1. The van der Waals surface area contributed by atoms with Gasteiger partial charge in [-0.05, 0) is 99.4 Å². The van der Waals surface area contributed by atoms with Crippen molar-refractivity contribution in [2.75, 3.05) is 66.1 Å². The lowest BCUT2D eigenvalue weighted by Gasteiger charge is -2.42. The maximum atomic E-state index is 14.6. The molecule has 4 atom stereocenters. The second-order valence-electron chi connectivity index (χ2n) is 18.6. The second-order valence-corrected chi connectivity index (χ2v) is 19.6. The standard InChI is InChI=1S/C49H62FN9O8S/c1-31-26-56(49(63)45(33-7-5-4-6-8-33)53-47(61)32(2)51-3)18-19-57(31)48(62)41-24-34-23-35(50)9-10-40(34)59(41)28-44(60)58-20-21-64-29-36(58)30-65-43-25-38(67-54-43)27-55-16-12-37(13-17-55)66-42-11-15-52-39-14-22-68-46(39)42/h9-11,14-15,22-25,31-33,36-37,45,51H,4-8,12-13,16-21,26-30H2,1-3H3,(H,53,61)/t31-,32-,36+,45-/m0/s1. The molecule has 0 unspecified atom stereocenters. The number of halogens is 1. The summed E-state index contributed by atoms with van der Waals surface area (Å²) in [4.78, 5) is 68.0. The summed E-state index contributed by atoms with van der Waals surface area (Å²) in [6, 6.07) is 9.72. The highest BCUT2D eigenvalue weighted by Crippen LogP contribution is 2.32. The van der Waals surface area contributed by atoms with Crippen LogP contribution in [0.2, 0.25) is 0 Å². The minimum Gasteiger partial charge on any atom is -0.489 e. The quantitative estimate of drug-likeness (QED) is 0.143. The van der Waals surface area contributed by atoms with Crippen LogP contribution in [0.25, 0.3) is 21.1 Å². The minimum absolute atomic E-state index is 0.0450. The van der Waals surface area contributed by atoms with Gasteiger partial charge in [-0.1, -0.05) is 19.3 Å². The Hall–Kier alpha value is -5.63. The van der Waals surface area contributed by atoms with Crippen LogP contribution in [0, 0.1) is 11.7 Å². The van der Waals surface area contributed by atoms with Crippen molar-refractivity contribution in [3.8, 4) is 11.6 Å². The number of hydrogen-bond acceptors (Lipinski definition) is 13.